The minimum absolute atomic E-state index is 0. The van der Waals surface area contributed by atoms with Crippen molar-refractivity contribution in [2.45, 2.75) is 32.9 Å². The maximum atomic E-state index is 9.32. The predicted molar refractivity (Wildman–Crippen MR) is 119 cm³/mol. The number of piperazine rings is 1. The third kappa shape index (κ3) is 6.12. The maximum absolute atomic E-state index is 9.32. The van der Waals surface area contributed by atoms with Crippen LogP contribution in [0.15, 0.2) is 42.5 Å². The second-order valence-electron chi connectivity index (χ2n) is 6.92. The molecule has 1 saturated heterocycles. The summed E-state index contributed by atoms with van der Waals surface area (Å²) in [6, 6.07) is 17.1. The van der Waals surface area contributed by atoms with Gasteiger partial charge in [0.15, 0.2) is 0 Å². The number of ether oxygens (including phenoxy) is 1. The lowest BCUT2D eigenvalue weighted by Crippen LogP contribution is -2.45. The van der Waals surface area contributed by atoms with E-state index in [9.17, 15) is 5.26 Å². The average Bonchev–Trinajstić information content (AvgIpc) is 2.67. The van der Waals surface area contributed by atoms with Gasteiger partial charge in [0.1, 0.15) is 12.4 Å². The second kappa shape index (κ2) is 11.9. The maximum Gasteiger partial charge on any atom is 0.125 e. The van der Waals surface area contributed by atoms with E-state index in [1.807, 2.05) is 18.2 Å². The van der Waals surface area contributed by atoms with Gasteiger partial charge in [0, 0.05) is 32.2 Å². The highest BCUT2D eigenvalue weighted by Gasteiger charge is 2.23. The first-order valence-electron chi connectivity index (χ1n) is 9.28. The third-order valence-corrected chi connectivity index (χ3v) is 4.97. The van der Waals surface area contributed by atoms with E-state index in [0.29, 0.717) is 13.0 Å². The van der Waals surface area contributed by atoms with Crippen LogP contribution in [0.25, 0.3) is 0 Å². The molecule has 1 atom stereocenters. The Kier molecular flexibility index (Phi) is 10.3. The number of hydrogen-bond donors (Lipinski definition) is 1. The summed E-state index contributed by atoms with van der Waals surface area (Å²) in [5.74, 6) is 0.952. The van der Waals surface area contributed by atoms with E-state index >= 15 is 0 Å². The Morgan fingerprint density at radius 2 is 1.68 bits per heavy atom. The molecule has 0 bridgehead atoms. The standard InChI is InChI=1S/C22H27N3O.2ClH/c1-17-14-20(21(8-9-23)25-12-10-24-11-13-25)15-18(2)22(17)26-16-19-6-4-3-5-7-19;;/h3-7,14-15,21,24H,8,10-13,16H2,1-2H3;2*1H/t21-;;/m0../s1. The van der Waals surface area contributed by atoms with Gasteiger partial charge >= 0.3 is 0 Å². The quantitative estimate of drug-likeness (QED) is 0.740. The molecule has 4 nitrogen and oxygen atoms in total. The van der Waals surface area contributed by atoms with E-state index < -0.39 is 0 Å². The smallest absolute Gasteiger partial charge is 0.125 e. The van der Waals surface area contributed by atoms with E-state index in [2.05, 4.69) is 54.4 Å². The number of nitrogens with one attached hydrogen (secondary N) is 1. The van der Waals surface area contributed by atoms with Gasteiger partial charge in [-0.2, -0.15) is 5.26 Å². The van der Waals surface area contributed by atoms with Crippen LogP contribution in [0.1, 0.15) is 34.7 Å². The number of aryl methyl sites for hydroxylation is 2. The molecule has 0 amide bonds. The highest BCUT2D eigenvalue weighted by Crippen LogP contribution is 2.32. The van der Waals surface area contributed by atoms with Crippen molar-refractivity contribution in [1.82, 2.24) is 10.2 Å². The number of benzene rings is 2. The Hall–Kier alpha value is -1.77. The Bertz CT molecular complexity index is 748. The van der Waals surface area contributed by atoms with E-state index in [4.69, 9.17) is 4.74 Å². The van der Waals surface area contributed by atoms with Crippen LogP contribution < -0.4 is 10.1 Å². The molecule has 0 unspecified atom stereocenters. The summed E-state index contributed by atoms with van der Waals surface area (Å²) >= 11 is 0. The topological polar surface area (TPSA) is 48.3 Å². The fourth-order valence-corrected chi connectivity index (χ4v) is 3.67. The van der Waals surface area contributed by atoms with Crippen LogP contribution in [-0.4, -0.2) is 31.1 Å². The molecule has 0 aromatic heterocycles. The van der Waals surface area contributed by atoms with Crippen molar-refractivity contribution < 1.29 is 4.74 Å². The molecule has 152 valence electrons. The Balaban J connectivity index is 0.00000196. The van der Waals surface area contributed by atoms with Crippen molar-refractivity contribution in [3.63, 3.8) is 0 Å². The summed E-state index contributed by atoms with van der Waals surface area (Å²) in [5, 5.41) is 12.7. The predicted octanol–water partition coefficient (Wildman–Crippen LogP) is 4.59. The molecule has 1 fully saturated rings. The molecule has 1 aliphatic rings. The highest BCUT2D eigenvalue weighted by molar-refractivity contribution is 5.85. The van der Waals surface area contributed by atoms with Gasteiger partial charge in [-0.25, -0.2) is 0 Å². The lowest BCUT2D eigenvalue weighted by atomic mass is 9.96. The van der Waals surface area contributed by atoms with Gasteiger partial charge in [-0.15, -0.1) is 24.8 Å². The zero-order chi connectivity index (χ0) is 18.4. The van der Waals surface area contributed by atoms with Crippen molar-refractivity contribution in [2.75, 3.05) is 26.2 Å². The second-order valence-corrected chi connectivity index (χ2v) is 6.92. The summed E-state index contributed by atoms with van der Waals surface area (Å²) in [6.07, 6.45) is 0.517. The molecule has 2 aromatic rings. The number of nitriles is 1. The normalized spacial score (nSPS) is 14.9. The first kappa shape index (κ1) is 24.3. The van der Waals surface area contributed by atoms with Crippen LogP contribution in [0, 0.1) is 25.2 Å². The molecule has 3 rings (SSSR count). The molecule has 6 heteroatoms. The third-order valence-electron chi connectivity index (χ3n) is 4.97. The highest BCUT2D eigenvalue weighted by atomic mass is 35.5. The summed E-state index contributed by atoms with van der Waals surface area (Å²) in [4.78, 5) is 2.42. The minimum atomic E-state index is 0. The molecule has 1 heterocycles. The van der Waals surface area contributed by atoms with Gasteiger partial charge in [-0.3, -0.25) is 4.90 Å². The van der Waals surface area contributed by atoms with Crippen LogP contribution in [0.4, 0.5) is 0 Å². The molecular formula is C22H29Cl2N3O. The van der Waals surface area contributed by atoms with Crippen molar-refractivity contribution in [2.24, 2.45) is 0 Å². The minimum Gasteiger partial charge on any atom is -0.488 e. The molecular weight excluding hydrogens is 393 g/mol. The molecule has 28 heavy (non-hydrogen) atoms. The van der Waals surface area contributed by atoms with Crippen molar-refractivity contribution in [3.05, 3.63) is 64.7 Å². The lowest BCUT2D eigenvalue weighted by Gasteiger charge is -2.34. The van der Waals surface area contributed by atoms with E-state index in [0.717, 1.165) is 43.1 Å². The van der Waals surface area contributed by atoms with E-state index in [1.54, 1.807) is 0 Å². The van der Waals surface area contributed by atoms with Gasteiger partial charge in [0.05, 0.1) is 12.5 Å². The van der Waals surface area contributed by atoms with Crippen molar-refractivity contribution in [1.29, 1.82) is 5.26 Å². The summed E-state index contributed by atoms with van der Waals surface area (Å²) in [7, 11) is 0. The molecule has 0 saturated carbocycles. The Labute approximate surface area is 180 Å². The average molecular weight is 422 g/mol. The monoisotopic (exact) mass is 421 g/mol. The lowest BCUT2D eigenvalue weighted by molar-refractivity contribution is 0.175. The van der Waals surface area contributed by atoms with Gasteiger partial charge in [0.25, 0.3) is 0 Å². The number of rotatable bonds is 6. The number of nitrogens with zero attached hydrogens (tertiary/aromatic N) is 2. The molecule has 0 spiro atoms. The van der Waals surface area contributed by atoms with Crippen LogP contribution in [0.3, 0.4) is 0 Å². The zero-order valence-electron chi connectivity index (χ0n) is 16.5. The van der Waals surface area contributed by atoms with Crippen LogP contribution >= 0.6 is 24.8 Å². The summed E-state index contributed by atoms with van der Waals surface area (Å²) < 4.78 is 6.11. The Morgan fingerprint density at radius 3 is 2.25 bits per heavy atom. The van der Waals surface area contributed by atoms with Gasteiger partial charge in [-0.05, 0) is 36.1 Å². The van der Waals surface area contributed by atoms with E-state index in [-0.39, 0.29) is 30.9 Å². The molecule has 1 aliphatic heterocycles. The van der Waals surface area contributed by atoms with Crippen LogP contribution in [-0.2, 0) is 6.61 Å². The largest absolute Gasteiger partial charge is 0.488 e. The Morgan fingerprint density at radius 1 is 1.07 bits per heavy atom. The number of hydrogen-bond acceptors (Lipinski definition) is 4. The first-order chi connectivity index (χ1) is 12.7. The SMILES string of the molecule is Cc1cc([C@H](CC#N)N2CCNCC2)cc(C)c1OCc1ccccc1.Cl.Cl. The molecule has 0 aliphatic carbocycles. The molecule has 2 aromatic carbocycles. The fraction of sp³-hybridized carbons (Fsp3) is 0.409. The van der Waals surface area contributed by atoms with Crippen molar-refractivity contribution in [3.8, 4) is 11.8 Å². The fourth-order valence-electron chi connectivity index (χ4n) is 3.67. The number of halogens is 2. The van der Waals surface area contributed by atoms with Crippen LogP contribution in [0.2, 0.25) is 0 Å². The van der Waals surface area contributed by atoms with Crippen molar-refractivity contribution >= 4 is 24.8 Å². The zero-order valence-corrected chi connectivity index (χ0v) is 18.1. The van der Waals surface area contributed by atoms with E-state index in [1.165, 1.54) is 11.1 Å². The molecule has 0 radical (unpaired) electrons. The van der Waals surface area contributed by atoms with Gasteiger partial charge < -0.3 is 10.1 Å². The van der Waals surface area contributed by atoms with Crippen LogP contribution in [0.5, 0.6) is 5.75 Å². The molecule has 1 N–H and O–H groups in total. The summed E-state index contributed by atoms with van der Waals surface area (Å²) in [6.45, 7) is 8.70. The summed E-state index contributed by atoms with van der Waals surface area (Å²) in [5.41, 5.74) is 4.65. The van der Waals surface area contributed by atoms with Gasteiger partial charge in [-0.1, -0.05) is 42.5 Å². The van der Waals surface area contributed by atoms with Gasteiger partial charge in [0.2, 0.25) is 0 Å². The first-order valence-corrected chi connectivity index (χ1v) is 9.28.